The summed E-state index contributed by atoms with van der Waals surface area (Å²) in [6, 6.07) is 4.14. The van der Waals surface area contributed by atoms with E-state index in [1.807, 2.05) is 19.2 Å². The lowest BCUT2D eigenvalue weighted by Gasteiger charge is -2.30. The number of pyridine rings is 1. The van der Waals surface area contributed by atoms with Crippen molar-refractivity contribution in [2.75, 3.05) is 0 Å². The van der Waals surface area contributed by atoms with Crippen molar-refractivity contribution in [3.63, 3.8) is 0 Å². The summed E-state index contributed by atoms with van der Waals surface area (Å²) in [5.74, 6) is 0.775. The molecule has 2 nitrogen and oxygen atoms in total. The molecule has 1 N–H and O–H groups in total. The molecule has 0 radical (unpaired) electrons. The maximum absolute atomic E-state index is 10.6. The van der Waals surface area contributed by atoms with Gasteiger partial charge in [0.05, 0.1) is 5.60 Å². The summed E-state index contributed by atoms with van der Waals surface area (Å²) >= 11 is 0. The molecule has 1 aromatic rings. The fourth-order valence-corrected chi connectivity index (χ4v) is 2.93. The largest absolute Gasteiger partial charge is 0.389 e. The van der Waals surface area contributed by atoms with Crippen LogP contribution in [-0.4, -0.2) is 15.7 Å². The second kappa shape index (κ2) is 3.05. The zero-order valence-corrected chi connectivity index (χ0v) is 9.11. The zero-order valence-electron chi connectivity index (χ0n) is 9.11. The molecule has 80 valence electrons. The third-order valence-electron chi connectivity index (χ3n) is 4.07. The quantitative estimate of drug-likeness (QED) is 0.800. The van der Waals surface area contributed by atoms with E-state index in [1.54, 1.807) is 0 Å². The Morgan fingerprint density at radius 2 is 2.20 bits per heavy atom. The van der Waals surface area contributed by atoms with E-state index in [-0.39, 0.29) is 5.92 Å². The predicted molar refractivity (Wildman–Crippen MR) is 58.6 cm³/mol. The highest BCUT2D eigenvalue weighted by Gasteiger charge is 2.48. The van der Waals surface area contributed by atoms with Gasteiger partial charge in [0.1, 0.15) is 0 Å². The van der Waals surface area contributed by atoms with Crippen LogP contribution in [0.4, 0.5) is 0 Å². The highest BCUT2D eigenvalue weighted by Crippen LogP contribution is 2.50. The number of aryl methyl sites for hydroxylation is 1. The van der Waals surface area contributed by atoms with Crippen molar-refractivity contribution < 1.29 is 5.11 Å². The lowest BCUT2D eigenvalue weighted by molar-refractivity contribution is 0.00756. The molecule has 0 aliphatic heterocycles. The molecule has 3 rings (SSSR count). The second-order valence-corrected chi connectivity index (χ2v) is 5.14. The first-order chi connectivity index (χ1) is 7.19. The Balaban J connectivity index is 1.96. The molecule has 1 aromatic heterocycles. The summed E-state index contributed by atoms with van der Waals surface area (Å²) in [6.45, 7) is 2.00. The van der Waals surface area contributed by atoms with Gasteiger partial charge in [0.2, 0.25) is 0 Å². The van der Waals surface area contributed by atoms with Crippen LogP contribution < -0.4 is 0 Å². The molecule has 1 saturated carbocycles. The van der Waals surface area contributed by atoms with E-state index in [2.05, 4.69) is 11.1 Å². The van der Waals surface area contributed by atoms with Crippen LogP contribution >= 0.6 is 0 Å². The van der Waals surface area contributed by atoms with Crippen LogP contribution in [0.1, 0.15) is 43.4 Å². The first-order valence-corrected chi connectivity index (χ1v) is 5.86. The minimum absolute atomic E-state index is 0.265. The monoisotopic (exact) mass is 203 g/mol. The summed E-state index contributed by atoms with van der Waals surface area (Å²) in [5.41, 5.74) is 1.96. The number of nitrogens with zero attached hydrogens (tertiary/aromatic N) is 1. The number of aromatic nitrogens is 1. The molecule has 0 saturated heterocycles. The Labute approximate surface area is 90.4 Å². The van der Waals surface area contributed by atoms with Crippen LogP contribution in [0.3, 0.4) is 0 Å². The molecule has 0 spiro atoms. The zero-order chi connectivity index (χ0) is 10.5. The SMILES string of the molecule is CC(O)(C1CC1)C1CCc2cccnc21. The van der Waals surface area contributed by atoms with E-state index in [0.29, 0.717) is 5.92 Å². The van der Waals surface area contributed by atoms with Crippen molar-refractivity contribution in [3.8, 4) is 0 Å². The molecular weight excluding hydrogens is 186 g/mol. The molecule has 2 aliphatic rings. The Morgan fingerprint density at radius 3 is 2.93 bits per heavy atom. The smallest absolute Gasteiger partial charge is 0.0731 e. The number of fused-ring (bicyclic) bond motifs is 1. The van der Waals surface area contributed by atoms with E-state index in [0.717, 1.165) is 18.5 Å². The minimum atomic E-state index is -0.528. The van der Waals surface area contributed by atoms with Gasteiger partial charge in [0.25, 0.3) is 0 Å². The summed E-state index contributed by atoms with van der Waals surface area (Å²) in [4.78, 5) is 4.46. The fraction of sp³-hybridized carbons (Fsp3) is 0.615. The summed E-state index contributed by atoms with van der Waals surface area (Å²) in [6.07, 6.45) is 6.37. The predicted octanol–water partition coefficient (Wildman–Crippen LogP) is 2.27. The molecule has 0 bridgehead atoms. The van der Waals surface area contributed by atoms with Crippen molar-refractivity contribution in [1.29, 1.82) is 0 Å². The summed E-state index contributed by atoms with van der Waals surface area (Å²) < 4.78 is 0. The lowest BCUT2D eigenvalue weighted by atomic mass is 9.83. The Bertz CT molecular complexity index is 382. The van der Waals surface area contributed by atoms with Crippen molar-refractivity contribution in [1.82, 2.24) is 4.98 Å². The minimum Gasteiger partial charge on any atom is -0.389 e. The molecule has 0 aromatic carbocycles. The Morgan fingerprint density at radius 1 is 1.40 bits per heavy atom. The number of hydrogen-bond donors (Lipinski definition) is 1. The molecule has 0 amide bonds. The van der Waals surface area contributed by atoms with Crippen LogP contribution in [0.2, 0.25) is 0 Å². The molecule has 2 aliphatic carbocycles. The second-order valence-electron chi connectivity index (χ2n) is 5.14. The number of hydrogen-bond acceptors (Lipinski definition) is 2. The van der Waals surface area contributed by atoms with Crippen LogP contribution in [0.25, 0.3) is 0 Å². The van der Waals surface area contributed by atoms with Crippen molar-refractivity contribution in [2.24, 2.45) is 5.92 Å². The molecule has 2 heteroatoms. The highest BCUT2D eigenvalue weighted by atomic mass is 16.3. The van der Waals surface area contributed by atoms with Crippen molar-refractivity contribution >= 4 is 0 Å². The van der Waals surface area contributed by atoms with Gasteiger partial charge >= 0.3 is 0 Å². The standard InChI is InChI=1S/C13H17NO/c1-13(15,10-5-6-10)11-7-4-9-3-2-8-14-12(9)11/h2-3,8,10-11,15H,4-7H2,1H3. The molecule has 2 atom stereocenters. The normalized spacial score (nSPS) is 28.5. The van der Waals surface area contributed by atoms with Crippen LogP contribution in [0.15, 0.2) is 18.3 Å². The first kappa shape index (κ1) is 9.34. The fourth-order valence-electron chi connectivity index (χ4n) is 2.93. The van der Waals surface area contributed by atoms with Gasteiger partial charge in [-0.2, -0.15) is 0 Å². The maximum Gasteiger partial charge on any atom is 0.0731 e. The van der Waals surface area contributed by atoms with Gasteiger partial charge in [-0.3, -0.25) is 4.98 Å². The third kappa shape index (κ3) is 1.39. The molecular formula is C13H17NO. The van der Waals surface area contributed by atoms with Gasteiger partial charge in [-0.25, -0.2) is 0 Å². The third-order valence-corrected chi connectivity index (χ3v) is 4.07. The summed E-state index contributed by atoms with van der Waals surface area (Å²) in [5, 5.41) is 10.6. The van der Waals surface area contributed by atoms with E-state index in [4.69, 9.17) is 0 Å². The van der Waals surface area contributed by atoms with Gasteiger partial charge in [0, 0.05) is 17.8 Å². The lowest BCUT2D eigenvalue weighted by Crippen LogP contribution is -2.34. The average molecular weight is 203 g/mol. The topological polar surface area (TPSA) is 33.1 Å². The van der Waals surface area contributed by atoms with Crippen LogP contribution in [0, 0.1) is 5.92 Å². The number of aliphatic hydroxyl groups is 1. The highest BCUT2D eigenvalue weighted by molar-refractivity contribution is 5.31. The molecule has 15 heavy (non-hydrogen) atoms. The Kier molecular flexibility index (Phi) is 1.90. The summed E-state index contributed by atoms with van der Waals surface area (Å²) in [7, 11) is 0. The van der Waals surface area contributed by atoms with E-state index < -0.39 is 5.60 Å². The van der Waals surface area contributed by atoms with E-state index >= 15 is 0 Å². The van der Waals surface area contributed by atoms with Crippen LogP contribution in [-0.2, 0) is 6.42 Å². The average Bonchev–Trinajstić information content (AvgIpc) is 2.98. The van der Waals surface area contributed by atoms with E-state index in [9.17, 15) is 5.11 Å². The molecule has 1 fully saturated rings. The molecule has 1 heterocycles. The molecule has 2 unspecified atom stereocenters. The Hall–Kier alpha value is -0.890. The number of rotatable bonds is 2. The van der Waals surface area contributed by atoms with Gasteiger partial charge in [-0.1, -0.05) is 6.07 Å². The van der Waals surface area contributed by atoms with Crippen LogP contribution in [0.5, 0.6) is 0 Å². The van der Waals surface area contributed by atoms with Gasteiger partial charge in [-0.15, -0.1) is 0 Å². The van der Waals surface area contributed by atoms with Gasteiger partial charge < -0.3 is 5.11 Å². The van der Waals surface area contributed by atoms with Crippen molar-refractivity contribution in [2.45, 2.75) is 44.1 Å². The van der Waals surface area contributed by atoms with E-state index in [1.165, 1.54) is 18.4 Å². The maximum atomic E-state index is 10.6. The van der Waals surface area contributed by atoms with Gasteiger partial charge in [0.15, 0.2) is 0 Å². The van der Waals surface area contributed by atoms with Crippen molar-refractivity contribution in [3.05, 3.63) is 29.6 Å². The first-order valence-electron chi connectivity index (χ1n) is 5.86. The van der Waals surface area contributed by atoms with Gasteiger partial charge in [-0.05, 0) is 50.2 Å².